The Kier molecular flexibility index (Phi) is 3.65. The SMILES string of the molecule is Cc1cccc(C(=O)O)c1NC(=O)c1ccncc1O. The number of aromatic hydroxyl groups is 1. The third-order valence-electron chi connectivity index (χ3n) is 2.79. The molecule has 2 aromatic rings. The van der Waals surface area contributed by atoms with Gasteiger partial charge in [0.15, 0.2) is 0 Å². The Morgan fingerprint density at radius 2 is 1.95 bits per heavy atom. The summed E-state index contributed by atoms with van der Waals surface area (Å²) in [5, 5.41) is 21.2. The molecule has 0 bridgehead atoms. The smallest absolute Gasteiger partial charge is 0.337 e. The van der Waals surface area contributed by atoms with Crippen molar-refractivity contribution in [1.82, 2.24) is 4.98 Å². The van der Waals surface area contributed by atoms with Gasteiger partial charge in [0.1, 0.15) is 5.75 Å². The number of aryl methyl sites for hydroxylation is 1. The fourth-order valence-corrected chi connectivity index (χ4v) is 1.77. The Morgan fingerprint density at radius 3 is 2.60 bits per heavy atom. The van der Waals surface area contributed by atoms with Crippen molar-refractivity contribution in [2.75, 3.05) is 5.32 Å². The molecule has 0 unspecified atom stereocenters. The molecule has 0 saturated heterocycles. The van der Waals surface area contributed by atoms with Gasteiger partial charge in [-0.1, -0.05) is 12.1 Å². The minimum atomic E-state index is -1.14. The summed E-state index contributed by atoms with van der Waals surface area (Å²) in [7, 11) is 0. The number of aromatic nitrogens is 1. The van der Waals surface area contributed by atoms with Crippen LogP contribution >= 0.6 is 0 Å². The van der Waals surface area contributed by atoms with Crippen LogP contribution in [0.3, 0.4) is 0 Å². The number of amides is 1. The molecule has 1 heterocycles. The summed E-state index contributed by atoms with van der Waals surface area (Å²) in [5.41, 5.74) is 0.847. The molecule has 0 fully saturated rings. The zero-order valence-electron chi connectivity index (χ0n) is 10.6. The van der Waals surface area contributed by atoms with Gasteiger partial charge in [0.05, 0.1) is 23.0 Å². The van der Waals surface area contributed by atoms with Crippen molar-refractivity contribution in [2.45, 2.75) is 6.92 Å². The predicted molar refractivity (Wildman–Crippen MR) is 72.0 cm³/mol. The van der Waals surface area contributed by atoms with Crippen LogP contribution in [0.25, 0.3) is 0 Å². The van der Waals surface area contributed by atoms with E-state index in [2.05, 4.69) is 10.3 Å². The number of aromatic carboxylic acids is 1. The first-order chi connectivity index (χ1) is 9.50. The Morgan fingerprint density at radius 1 is 1.20 bits per heavy atom. The van der Waals surface area contributed by atoms with Crippen LogP contribution in [-0.4, -0.2) is 27.1 Å². The van der Waals surface area contributed by atoms with E-state index >= 15 is 0 Å². The number of carboxylic acids is 1. The zero-order chi connectivity index (χ0) is 14.7. The van der Waals surface area contributed by atoms with Gasteiger partial charge in [-0.2, -0.15) is 0 Å². The summed E-state index contributed by atoms with van der Waals surface area (Å²) < 4.78 is 0. The molecule has 1 amide bonds. The summed E-state index contributed by atoms with van der Waals surface area (Å²) in [6, 6.07) is 6.04. The van der Waals surface area contributed by atoms with Crippen LogP contribution in [0.2, 0.25) is 0 Å². The maximum absolute atomic E-state index is 12.1. The summed E-state index contributed by atoms with van der Waals surface area (Å²) in [6.45, 7) is 1.69. The van der Waals surface area contributed by atoms with Gasteiger partial charge in [-0.15, -0.1) is 0 Å². The molecule has 0 aliphatic heterocycles. The van der Waals surface area contributed by atoms with Gasteiger partial charge in [-0.05, 0) is 24.6 Å². The van der Waals surface area contributed by atoms with Crippen molar-refractivity contribution in [3.05, 3.63) is 53.3 Å². The molecule has 3 N–H and O–H groups in total. The first kappa shape index (κ1) is 13.5. The normalized spacial score (nSPS) is 10.1. The maximum atomic E-state index is 12.1. The second kappa shape index (κ2) is 5.40. The minimum absolute atomic E-state index is 0.00750. The summed E-state index contributed by atoms with van der Waals surface area (Å²) in [5.74, 6) is -2.00. The molecule has 0 atom stereocenters. The van der Waals surface area contributed by atoms with E-state index in [0.29, 0.717) is 5.56 Å². The fraction of sp³-hybridized carbons (Fsp3) is 0.0714. The molecule has 2 rings (SSSR count). The molecular formula is C14H12N2O4. The van der Waals surface area contributed by atoms with Crippen molar-refractivity contribution >= 4 is 17.6 Å². The Hall–Kier alpha value is -2.89. The number of carboxylic acid groups (broad SMARTS) is 1. The van der Waals surface area contributed by atoms with Crippen LogP contribution in [-0.2, 0) is 0 Å². The van der Waals surface area contributed by atoms with Gasteiger partial charge in [0.2, 0.25) is 0 Å². The lowest BCUT2D eigenvalue weighted by Gasteiger charge is -2.11. The Bertz CT molecular complexity index is 683. The van der Waals surface area contributed by atoms with Crippen LogP contribution in [0.5, 0.6) is 5.75 Å². The van der Waals surface area contributed by atoms with Crippen molar-refractivity contribution in [1.29, 1.82) is 0 Å². The summed E-state index contributed by atoms with van der Waals surface area (Å²) >= 11 is 0. The van der Waals surface area contributed by atoms with Gasteiger partial charge in [0.25, 0.3) is 5.91 Å². The molecule has 1 aromatic carbocycles. The predicted octanol–water partition coefficient (Wildman–Crippen LogP) is 2.05. The number of pyridine rings is 1. The first-order valence-electron chi connectivity index (χ1n) is 5.78. The van der Waals surface area contributed by atoms with E-state index in [4.69, 9.17) is 5.11 Å². The van der Waals surface area contributed by atoms with Gasteiger partial charge >= 0.3 is 5.97 Å². The lowest BCUT2D eigenvalue weighted by atomic mass is 10.1. The van der Waals surface area contributed by atoms with Crippen LogP contribution in [0, 0.1) is 6.92 Å². The number of anilines is 1. The highest BCUT2D eigenvalue weighted by Crippen LogP contribution is 2.23. The molecule has 0 radical (unpaired) electrons. The lowest BCUT2D eigenvalue weighted by molar-refractivity contribution is 0.0698. The quantitative estimate of drug-likeness (QED) is 0.794. The number of nitrogens with one attached hydrogen (secondary N) is 1. The Labute approximate surface area is 114 Å². The molecule has 0 aliphatic carbocycles. The van der Waals surface area contributed by atoms with E-state index in [0.717, 1.165) is 6.20 Å². The highest BCUT2D eigenvalue weighted by Gasteiger charge is 2.17. The van der Waals surface area contributed by atoms with E-state index in [1.807, 2.05) is 0 Å². The van der Waals surface area contributed by atoms with Crippen LogP contribution < -0.4 is 5.32 Å². The van der Waals surface area contributed by atoms with Crippen molar-refractivity contribution in [2.24, 2.45) is 0 Å². The van der Waals surface area contributed by atoms with Crippen molar-refractivity contribution in [3.63, 3.8) is 0 Å². The zero-order valence-corrected chi connectivity index (χ0v) is 10.6. The molecule has 6 heteroatoms. The number of nitrogens with zero attached hydrogens (tertiary/aromatic N) is 1. The second-order valence-electron chi connectivity index (χ2n) is 4.15. The number of para-hydroxylation sites is 1. The Balaban J connectivity index is 2.38. The highest BCUT2D eigenvalue weighted by molar-refractivity contribution is 6.09. The molecule has 0 spiro atoms. The molecule has 6 nitrogen and oxygen atoms in total. The van der Waals surface area contributed by atoms with E-state index in [-0.39, 0.29) is 22.6 Å². The van der Waals surface area contributed by atoms with E-state index in [1.54, 1.807) is 19.1 Å². The number of carbonyl (C=O) groups is 2. The number of hydrogen-bond acceptors (Lipinski definition) is 4. The monoisotopic (exact) mass is 272 g/mol. The van der Waals surface area contributed by atoms with Gasteiger partial charge in [0, 0.05) is 6.20 Å². The fourth-order valence-electron chi connectivity index (χ4n) is 1.77. The second-order valence-corrected chi connectivity index (χ2v) is 4.15. The molecule has 1 aromatic heterocycles. The molecular weight excluding hydrogens is 260 g/mol. The maximum Gasteiger partial charge on any atom is 0.337 e. The van der Waals surface area contributed by atoms with Crippen molar-refractivity contribution < 1.29 is 19.8 Å². The number of hydrogen-bond donors (Lipinski definition) is 3. The number of rotatable bonds is 3. The summed E-state index contributed by atoms with van der Waals surface area (Å²) in [4.78, 5) is 26.9. The van der Waals surface area contributed by atoms with Gasteiger partial charge < -0.3 is 15.5 Å². The average Bonchev–Trinajstić information content (AvgIpc) is 2.41. The van der Waals surface area contributed by atoms with E-state index < -0.39 is 11.9 Å². The molecule has 0 saturated carbocycles. The number of carbonyl (C=O) groups excluding carboxylic acids is 1. The minimum Gasteiger partial charge on any atom is -0.505 e. The third kappa shape index (κ3) is 2.59. The summed E-state index contributed by atoms with van der Waals surface area (Å²) in [6.07, 6.45) is 2.51. The number of benzene rings is 1. The average molecular weight is 272 g/mol. The third-order valence-corrected chi connectivity index (χ3v) is 2.79. The molecule has 102 valence electrons. The lowest BCUT2D eigenvalue weighted by Crippen LogP contribution is -2.16. The topological polar surface area (TPSA) is 99.5 Å². The highest BCUT2D eigenvalue weighted by atomic mass is 16.4. The van der Waals surface area contributed by atoms with Crippen LogP contribution in [0.1, 0.15) is 26.3 Å². The molecule has 20 heavy (non-hydrogen) atoms. The largest absolute Gasteiger partial charge is 0.505 e. The van der Waals surface area contributed by atoms with Gasteiger partial charge in [-0.25, -0.2) is 4.79 Å². The van der Waals surface area contributed by atoms with Crippen molar-refractivity contribution in [3.8, 4) is 5.75 Å². The first-order valence-corrected chi connectivity index (χ1v) is 5.78. The van der Waals surface area contributed by atoms with Crippen LogP contribution in [0.4, 0.5) is 5.69 Å². The molecule has 0 aliphatic rings. The van der Waals surface area contributed by atoms with Gasteiger partial charge in [-0.3, -0.25) is 9.78 Å². The van der Waals surface area contributed by atoms with E-state index in [1.165, 1.54) is 18.3 Å². The van der Waals surface area contributed by atoms with Crippen LogP contribution in [0.15, 0.2) is 36.7 Å². The van der Waals surface area contributed by atoms with E-state index in [9.17, 15) is 14.7 Å². The standard InChI is InChI=1S/C14H12N2O4/c1-8-3-2-4-10(14(19)20)12(8)16-13(18)9-5-6-15-7-11(9)17/h2-7,17H,1H3,(H,16,18)(H,19,20).